The lowest BCUT2D eigenvalue weighted by molar-refractivity contribution is 0.476. The molecule has 0 saturated heterocycles. The van der Waals surface area contributed by atoms with Crippen LogP contribution in [0, 0.1) is 5.82 Å². The molecule has 0 spiro atoms. The summed E-state index contributed by atoms with van der Waals surface area (Å²) in [5, 5.41) is 3.32. The predicted molar refractivity (Wildman–Crippen MR) is 131 cm³/mol. The molecule has 1 N–H and O–H groups in total. The summed E-state index contributed by atoms with van der Waals surface area (Å²) in [5.41, 5.74) is 2.29. The molecule has 1 heterocycles. The van der Waals surface area contributed by atoms with Crippen LogP contribution in [-0.2, 0) is 19.5 Å². The van der Waals surface area contributed by atoms with E-state index in [0.29, 0.717) is 13.1 Å². The summed E-state index contributed by atoms with van der Waals surface area (Å²) in [5.74, 6) is 1.63. The van der Waals surface area contributed by atoms with Gasteiger partial charge in [0.2, 0.25) is 0 Å². The lowest BCUT2D eigenvalue weighted by Gasteiger charge is -2.22. The van der Waals surface area contributed by atoms with Crippen molar-refractivity contribution in [2.45, 2.75) is 26.4 Å². The number of halogens is 2. The molecule has 1 aromatic heterocycles. The average Bonchev–Trinajstić information content (AvgIpc) is 3.16. The van der Waals surface area contributed by atoms with Crippen molar-refractivity contribution in [3.8, 4) is 0 Å². The molecule has 160 valence electrons. The van der Waals surface area contributed by atoms with E-state index in [1.807, 2.05) is 37.3 Å². The van der Waals surface area contributed by atoms with Crippen molar-refractivity contribution in [3.63, 3.8) is 0 Å². The number of benzene rings is 2. The Balaban J connectivity index is 0.00000320. The molecule has 0 bridgehead atoms. The smallest absolute Gasteiger partial charge is 0.193 e. The Hall–Kier alpha value is -2.42. The minimum Gasteiger partial charge on any atom is -0.357 e. The Morgan fingerprint density at radius 3 is 2.53 bits per heavy atom. The Morgan fingerprint density at radius 1 is 1.10 bits per heavy atom. The van der Waals surface area contributed by atoms with Gasteiger partial charge in [-0.05, 0) is 30.2 Å². The maximum atomic E-state index is 13.1. The molecule has 0 aliphatic rings. The van der Waals surface area contributed by atoms with Crippen molar-refractivity contribution < 1.29 is 4.39 Å². The van der Waals surface area contributed by atoms with E-state index in [-0.39, 0.29) is 29.8 Å². The second kappa shape index (κ2) is 12.3. The second-order valence-corrected chi connectivity index (χ2v) is 6.93. The summed E-state index contributed by atoms with van der Waals surface area (Å²) >= 11 is 0. The van der Waals surface area contributed by atoms with Gasteiger partial charge in [0.15, 0.2) is 5.96 Å². The summed E-state index contributed by atoms with van der Waals surface area (Å²) in [7, 11) is 1.99. The molecule has 30 heavy (non-hydrogen) atoms. The first-order valence-electron chi connectivity index (χ1n) is 9.93. The minimum atomic E-state index is -0.219. The number of aliphatic imine (C=N–C) groups is 1. The van der Waals surface area contributed by atoms with E-state index < -0.39 is 0 Å². The lowest BCUT2D eigenvalue weighted by Crippen LogP contribution is -2.38. The number of rotatable bonds is 8. The fraction of sp³-hybridized carbons (Fsp3) is 0.304. The molecule has 0 radical (unpaired) electrons. The highest BCUT2D eigenvalue weighted by atomic mass is 127. The molecule has 3 aromatic rings. The zero-order chi connectivity index (χ0) is 20.5. The van der Waals surface area contributed by atoms with Crippen molar-refractivity contribution in [2.75, 3.05) is 20.1 Å². The molecule has 2 aromatic carbocycles. The maximum Gasteiger partial charge on any atom is 0.193 e. The van der Waals surface area contributed by atoms with E-state index in [1.165, 1.54) is 17.7 Å². The van der Waals surface area contributed by atoms with E-state index in [9.17, 15) is 4.39 Å². The van der Waals surface area contributed by atoms with Gasteiger partial charge in [-0.25, -0.2) is 9.37 Å². The molecule has 0 saturated carbocycles. The zero-order valence-corrected chi connectivity index (χ0v) is 19.8. The molecule has 0 aliphatic heterocycles. The van der Waals surface area contributed by atoms with Crippen LogP contribution < -0.4 is 5.32 Å². The predicted octanol–water partition coefficient (Wildman–Crippen LogP) is 4.33. The third-order valence-corrected chi connectivity index (χ3v) is 4.62. The maximum absolute atomic E-state index is 13.1. The molecule has 3 rings (SSSR count). The van der Waals surface area contributed by atoms with Gasteiger partial charge in [0.05, 0.1) is 0 Å². The number of imidazole rings is 1. The first kappa shape index (κ1) is 23.9. The molecular formula is C23H29FIN5. The van der Waals surface area contributed by atoms with Crippen LogP contribution in [0.4, 0.5) is 4.39 Å². The third kappa shape index (κ3) is 7.12. The molecule has 7 heteroatoms. The molecule has 0 unspecified atom stereocenters. The Bertz CT molecular complexity index is 909. The molecule has 5 nitrogen and oxygen atoms in total. The topological polar surface area (TPSA) is 45.5 Å². The normalized spacial score (nSPS) is 11.1. The van der Waals surface area contributed by atoms with Crippen LogP contribution in [0.15, 0.2) is 72.0 Å². The van der Waals surface area contributed by atoms with Crippen LogP contribution in [0.1, 0.15) is 23.9 Å². The van der Waals surface area contributed by atoms with Crippen LogP contribution in [0.25, 0.3) is 0 Å². The van der Waals surface area contributed by atoms with E-state index in [2.05, 4.69) is 39.1 Å². The van der Waals surface area contributed by atoms with Crippen LogP contribution in [0.2, 0.25) is 0 Å². The Labute approximate surface area is 195 Å². The number of hydrogen-bond acceptors (Lipinski definition) is 2. The largest absolute Gasteiger partial charge is 0.357 e. The number of hydrogen-bond donors (Lipinski definition) is 1. The first-order chi connectivity index (χ1) is 14.2. The van der Waals surface area contributed by atoms with Crippen LogP contribution in [0.5, 0.6) is 0 Å². The second-order valence-electron chi connectivity index (χ2n) is 6.93. The average molecular weight is 521 g/mol. The lowest BCUT2D eigenvalue weighted by atomic mass is 10.2. The minimum absolute atomic E-state index is 0. The van der Waals surface area contributed by atoms with Crippen molar-refractivity contribution in [2.24, 2.45) is 4.99 Å². The summed E-state index contributed by atoms with van der Waals surface area (Å²) in [6.07, 6.45) is 4.62. The van der Waals surface area contributed by atoms with E-state index in [4.69, 9.17) is 4.99 Å². The molecule has 0 fully saturated rings. The van der Waals surface area contributed by atoms with Gasteiger partial charge in [0, 0.05) is 52.0 Å². The molecule has 0 atom stereocenters. The van der Waals surface area contributed by atoms with Crippen molar-refractivity contribution in [1.29, 1.82) is 0 Å². The summed E-state index contributed by atoms with van der Waals surface area (Å²) in [4.78, 5) is 11.3. The fourth-order valence-electron chi connectivity index (χ4n) is 3.16. The highest BCUT2D eigenvalue weighted by Crippen LogP contribution is 2.08. The van der Waals surface area contributed by atoms with Gasteiger partial charge in [-0.3, -0.25) is 4.99 Å². The monoisotopic (exact) mass is 521 g/mol. The first-order valence-corrected chi connectivity index (χ1v) is 9.93. The van der Waals surface area contributed by atoms with Gasteiger partial charge in [-0.2, -0.15) is 0 Å². The molecule has 0 amide bonds. The standard InChI is InChI=1S/C23H28FN5.HI/c1-3-25-23(28(2)17-20-9-11-21(24)12-10-20)27-14-13-22-26-15-16-29(22)18-19-7-5-4-6-8-19;/h4-12,15-16H,3,13-14,17-18H2,1-2H3,(H,25,27);1H. The van der Waals surface area contributed by atoms with E-state index >= 15 is 0 Å². The highest BCUT2D eigenvalue weighted by molar-refractivity contribution is 14.0. The van der Waals surface area contributed by atoms with Crippen molar-refractivity contribution in [3.05, 3.63) is 89.8 Å². The van der Waals surface area contributed by atoms with E-state index in [0.717, 1.165) is 36.9 Å². The van der Waals surface area contributed by atoms with Gasteiger partial charge in [0.25, 0.3) is 0 Å². The number of guanidine groups is 1. The number of nitrogens with one attached hydrogen (secondary N) is 1. The number of aromatic nitrogens is 2. The summed E-state index contributed by atoms with van der Waals surface area (Å²) in [6, 6.07) is 16.9. The van der Waals surface area contributed by atoms with Crippen LogP contribution >= 0.6 is 24.0 Å². The van der Waals surface area contributed by atoms with Gasteiger partial charge >= 0.3 is 0 Å². The third-order valence-electron chi connectivity index (χ3n) is 4.62. The van der Waals surface area contributed by atoms with Crippen LogP contribution in [-0.4, -0.2) is 40.5 Å². The van der Waals surface area contributed by atoms with E-state index in [1.54, 1.807) is 12.1 Å². The van der Waals surface area contributed by atoms with Gasteiger partial charge in [-0.15, -0.1) is 24.0 Å². The quantitative estimate of drug-likeness (QED) is 0.273. The van der Waals surface area contributed by atoms with Gasteiger partial charge in [0.1, 0.15) is 11.6 Å². The molecule has 0 aliphatic carbocycles. The Morgan fingerprint density at radius 2 is 1.83 bits per heavy atom. The zero-order valence-electron chi connectivity index (χ0n) is 17.5. The summed E-state index contributed by atoms with van der Waals surface area (Å²) in [6.45, 7) is 4.95. The highest BCUT2D eigenvalue weighted by Gasteiger charge is 2.08. The van der Waals surface area contributed by atoms with Crippen molar-refractivity contribution in [1.82, 2.24) is 19.8 Å². The number of nitrogens with zero attached hydrogens (tertiary/aromatic N) is 4. The van der Waals surface area contributed by atoms with Gasteiger partial charge < -0.3 is 14.8 Å². The van der Waals surface area contributed by atoms with Gasteiger partial charge in [-0.1, -0.05) is 42.5 Å². The SMILES string of the molecule is CCNC(=NCCc1nccn1Cc1ccccc1)N(C)Cc1ccc(F)cc1.I. The fourth-order valence-corrected chi connectivity index (χ4v) is 3.16. The summed E-state index contributed by atoms with van der Waals surface area (Å²) < 4.78 is 15.3. The van der Waals surface area contributed by atoms with Crippen molar-refractivity contribution >= 4 is 29.9 Å². The molecular weight excluding hydrogens is 492 g/mol. The van der Waals surface area contributed by atoms with Crippen LogP contribution in [0.3, 0.4) is 0 Å². The Kier molecular flexibility index (Phi) is 9.79.